The molecular formula is C12H17NO3. The number of aliphatic hydroxyl groups is 1. The highest BCUT2D eigenvalue weighted by molar-refractivity contribution is 5.88. The monoisotopic (exact) mass is 223 g/mol. The summed E-state index contributed by atoms with van der Waals surface area (Å²) in [6.45, 7) is 2.49. The Morgan fingerprint density at radius 2 is 1.94 bits per heavy atom. The van der Waals surface area contributed by atoms with Crippen molar-refractivity contribution >= 4 is 11.7 Å². The summed E-state index contributed by atoms with van der Waals surface area (Å²) < 4.78 is 0. The van der Waals surface area contributed by atoms with Gasteiger partial charge in [0.25, 0.3) is 0 Å². The molecule has 1 atom stereocenters. The van der Waals surface area contributed by atoms with Crippen LogP contribution in [0, 0.1) is 0 Å². The average Bonchev–Trinajstić information content (AvgIpc) is 2.26. The quantitative estimate of drug-likeness (QED) is 0.795. The Morgan fingerprint density at radius 1 is 1.38 bits per heavy atom. The molecular weight excluding hydrogens is 206 g/mol. The highest BCUT2D eigenvalue weighted by atomic mass is 16.4. The van der Waals surface area contributed by atoms with Crippen molar-refractivity contribution < 1.29 is 15.0 Å². The molecule has 0 radical (unpaired) electrons. The average molecular weight is 223 g/mol. The van der Waals surface area contributed by atoms with E-state index in [0.717, 1.165) is 12.2 Å². The van der Waals surface area contributed by atoms with Crippen LogP contribution in [-0.2, 0) is 0 Å². The number of carboxylic acid groups (broad SMARTS) is 1. The maximum atomic E-state index is 10.7. The van der Waals surface area contributed by atoms with E-state index in [9.17, 15) is 4.79 Å². The third kappa shape index (κ3) is 3.55. The molecule has 1 aromatic carbocycles. The van der Waals surface area contributed by atoms with Gasteiger partial charge in [0.1, 0.15) is 0 Å². The molecule has 0 bridgehead atoms. The minimum Gasteiger partial charge on any atom is -0.478 e. The minimum absolute atomic E-state index is 0.285. The van der Waals surface area contributed by atoms with Crippen LogP contribution < -0.4 is 4.90 Å². The molecule has 1 unspecified atom stereocenters. The molecule has 4 nitrogen and oxygen atoms in total. The predicted molar refractivity (Wildman–Crippen MR) is 63.0 cm³/mol. The highest BCUT2D eigenvalue weighted by Crippen LogP contribution is 2.14. The van der Waals surface area contributed by atoms with Gasteiger partial charge in [-0.3, -0.25) is 0 Å². The van der Waals surface area contributed by atoms with Gasteiger partial charge in [0.05, 0.1) is 11.7 Å². The molecule has 1 aromatic rings. The van der Waals surface area contributed by atoms with E-state index < -0.39 is 5.97 Å². The van der Waals surface area contributed by atoms with Crippen molar-refractivity contribution in [2.75, 3.05) is 18.5 Å². The van der Waals surface area contributed by atoms with E-state index in [2.05, 4.69) is 0 Å². The van der Waals surface area contributed by atoms with Crippen LogP contribution in [0.15, 0.2) is 24.3 Å². The zero-order valence-electron chi connectivity index (χ0n) is 9.55. The van der Waals surface area contributed by atoms with Crippen molar-refractivity contribution in [3.8, 4) is 0 Å². The summed E-state index contributed by atoms with van der Waals surface area (Å²) in [5, 5.41) is 17.9. The van der Waals surface area contributed by atoms with Gasteiger partial charge in [0, 0.05) is 19.3 Å². The molecule has 0 aliphatic heterocycles. The van der Waals surface area contributed by atoms with Crippen LogP contribution in [-0.4, -0.2) is 35.9 Å². The second-order valence-corrected chi connectivity index (χ2v) is 3.91. The van der Waals surface area contributed by atoms with Gasteiger partial charge in [0.15, 0.2) is 0 Å². The number of carbonyl (C=O) groups is 1. The fraction of sp³-hybridized carbons (Fsp3) is 0.417. The first-order chi connectivity index (χ1) is 7.50. The number of benzene rings is 1. The Hall–Kier alpha value is -1.55. The first kappa shape index (κ1) is 12.5. The Bertz CT molecular complexity index is 346. The van der Waals surface area contributed by atoms with Gasteiger partial charge in [0.2, 0.25) is 0 Å². The molecule has 0 heterocycles. The largest absolute Gasteiger partial charge is 0.478 e. The lowest BCUT2D eigenvalue weighted by atomic mass is 10.2. The van der Waals surface area contributed by atoms with Crippen LogP contribution in [0.4, 0.5) is 5.69 Å². The van der Waals surface area contributed by atoms with E-state index in [-0.39, 0.29) is 11.7 Å². The van der Waals surface area contributed by atoms with Gasteiger partial charge in [-0.2, -0.15) is 0 Å². The molecule has 16 heavy (non-hydrogen) atoms. The van der Waals surface area contributed by atoms with Crippen molar-refractivity contribution in [3.63, 3.8) is 0 Å². The third-order valence-electron chi connectivity index (χ3n) is 2.44. The van der Waals surface area contributed by atoms with Gasteiger partial charge in [-0.15, -0.1) is 0 Å². The SMILES string of the molecule is CC(O)CCN(C)c1ccc(C(=O)O)cc1. The fourth-order valence-corrected chi connectivity index (χ4v) is 1.37. The Kier molecular flexibility index (Phi) is 4.31. The zero-order valence-corrected chi connectivity index (χ0v) is 9.55. The highest BCUT2D eigenvalue weighted by Gasteiger charge is 2.05. The number of aromatic carboxylic acids is 1. The van der Waals surface area contributed by atoms with E-state index in [1.807, 2.05) is 11.9 Å². The third-order valence-corrected chi connectivity index (χ3v) is 2.44. The van der Waals surface area contributed by atoms with Crippen LogP contribution >= 0.6 is 0 Å². The molecule has 0 aliphatic carbocycles. The number of anilines is 1. The van der Waals surface area contributed by atoms with Crippen LogP contribution in [0.1, 0.15) is 23.7 Å². The molecule has 0 aliphatic rings. The van der Waals surface area contributed by atoms with E-state index in [0.29, 0.717) is 6.42 Å². The smallest absolute Gasteiger partial charge is 0.335 e. The van der Waals surface area contributed by atoms with Crippen LogP contribution in [0.3, 0.4) is 0 Å². The summed E-state index contributed by atoms with van der Waals surface area (Å²) in [6.07, 6.45) is 0.373. The number of hydrogen-bond acceptors (Lipinski definition) is 3. The predicted octanol–water partition coefficient (Wildman–Crippen LogP) is 1.59. The van der Waals surface area contributed by atoms with Crippen molar-refractivity contribution in [2.24, 2.45) is 0 Å². The maximum Gasteiger partial charge on any atom is 0.335 e. The first-order valence-electron chi connectivity index (χ1n) is 5.23. The van der Waals surface area contributed by atoms with E-state index in [4.69, 9.17) is 10.2 Å². The summed E-state index contributed by atoms with van der Waals surface area (Å²) in [6, 6.07) is 6.70. The van der Waals surface area contributed by atoms with E-state index >= 15 is 0 Å². The Morgan fingerprint density at radius 3 is 2.38 bits per heavy atom. The molecule has 0 amide bonds. The second-order valence-electron chi connectivity index (χ2n) is 3.91. The Balaban J connectivity index is 2.63. The summed E-state index contributed by atoms with van der Waals surface area (Å²) in [7, 11) is 1.91. The molecule has 1 rings (SSSR count). The van der Waals surface area contributed by atoms with Crippen molar-refractivity contribution in [1.82, 2.24) is 0 Å². The zero-order chi connectivity index (χ0) is 12.1. The number of carboxylic acids is 1. The van der Waals surface area contributed by atoms with Gasteiger partial charge < -0.3 is 15.1 Å². The topological polar surface area (TPSA) is 60.8 Å². The molecule has 0 aromatic heterocycles. The van der Waals surface area contributed by atoms with Gasteiger partial charge in [-0.1, -0.05) is 0 Å². The van der Waals surface area contributed by atoms with Crippen LogP contribution in [0.5, 0.6) is 0 Å². The van der Waals surface area contributed by atoms with Crippen molar-refractivity contribution in [1.29, 1.82) is 0 Å². The number of rotatable bonds is 5. The molecule has 0 fully saturated rings. The molecule has 4 heteroatoms. The standard InChI is InChI=1S/C12H17NO3/c1-9(14)7-8-13(2)11-5-3-10(4-6-11)12(15)16/h3-6,9,14H,7-8H2,1-2H3,(H,15,16). The molecule has 2 N–H and O–H groups in total. The lowest BCUT2D eigenvalue weighted by Crippen LogP contribution is -2.21. The van der Waals surface area contributed by atoms with E-state index in [1.54, 1.807) is 31.2 Å². The molecule has 0 saturated carbocycles. The summed E-state index contributed by atoms with van der Waals surface area (Å²) in [4.78, 5) is 12.6. The number of aliphatic hydroxyl groups excluding tert-OH is 1. The maximum absolute atomic E-state index is 10.7. The second kappa shape index (κ2) is 5.51. The minimum atomic E-state index is -0.918. The first-order valence-corrected chi connectivity index (χ1v) is 5.23. The number of nitrogens with zero attached hydrogens (tertiary/aromatic N) is 1. The molecule has 0 spiro atoms. The summed E-state index contributed by atoms with van der Waals surface area (Å²) >= 11 is 0. The fourth-order valence-electron chi connectivity index (χ4n) is 1.37. The normalized spacial score (nSPS) is 12.2. The van der Waals surface area contributed by atoms with Gasteiger partial charge in [-0.05, 0) is 37.6 Å². The summed E-state index contributed by atoms with van der Waals surface area (Å²) in [5.74, 6) is -0.918. The number of hydrogen-bond donors (Lipinski definition) is 2. The van der Waals surface area contributed by atoms with E-state index in [1.165, 1.54) is 0 Å². The lowest BCUT2D eigenvalue weighted by molar-refractivity contribution is 0.0697. The van der Waals surface area contributed by atoms with Gasteiger partial charge in [-0.25, -0.2) is 4.79 Å². The lowest BCUT2D eigenvalue weighted by Gasteiger charge is -2.20. The Labute approximate surface area is 95.1 Å². The molecule has 88 valence electrons. The van der Waals surface area contributed by atoms with Crippen LogP contribution in [0.25, 0.3) is 0 Å². The van der Waals surface area contributed by atoms with Crippen molar-refractivity contribution in [2.45, 2.75) is 19.4 Å². The summed E-state index contributed by atoms with van der Waals surface area (Å²) in [5.41, 5.74) is 1.23. The van der Waals surface area contributed by atoms with Crippen LogP contribution in [0.2, 0.25) is 0 Å². The molecule has 0 saturated heterocycles. The van der Waals surface area contributed by atoms with Crippen molar-refractivity contribution in [3.05, 3.63) is 29.8 Å². The van der Waals surface area contributed by atoms with Gasteiger partial charge >= 0.3 is 5.97 Å².